The van der Waals surface area contributed by atoms with Gasteiger partial charge in [-0.2, -0.15) is 0 Å². The third-order valence-electron chi connectivity index (χ3n) is 2.28. The van der Waals surface area contributed by atoms with Gasteiger partial charge in [0.15, 0.2) is 0 Å². The Morgan fingerprint density at radius 1 is 0.765 bits per heavy atom. The van der Waals surface area contributed by atoms with Crippen LogP contribution in [0.5, 0.6) is 0 Å². The molecule has 0 aromatic heterocycles. The van der Waals surface area contributed by atoms with Crippen LogP contribution >= 0.6 is 0 Å². The molecule has 8 heteroatoms. The van der Waals surface area contributed by atoms with Crippen LogP contribution in [0.3, 0.4) is 0 Å². The van der Waals surface area contributed by atoms with Crippen molar-refractivity contribution in [2.24, 2.45) is 22.9 Å². The molecular formula is C9H24AuCl3N4. The van der Waals surface area contributed by atoms with E-state index >= 15 is 0 Å². The normalized spacial score (nSPS) is 21.2. The fraction of sp³-hybridized carbons (Fsp3) is 1.00. The van der Waals surface area contributed by atoms with Gasteiger partial charge in [-0.15, -0.1) is 0 Å². The molecule has 1 fully saturated rings. The Kier molecular flexibility index (Phi) is 41.3. The van der Waals surface area contributed by atoms with E-state index in [2.05, 4.69) is 0 Å². The summed E-state index contributed by atoms with van der Waals surface area (Å²) in [6, 6.07) is 0.562. The SMILES string of the molecule is NCCCN.N[C@@H]1CCCC[C@@H]1N.[Au+3].[Cl-].[Cl-].[Cl-]. The smallest absolute Gasteiger partial charge is 1.00 e. The third kappa shape index (κ3) is 19.9. The first kappa shape index (κ1) is 31.1. The van der Waals surface area contributed by atoms with Crippen molar-refractivity contribution in [2.75, 3.05) is 13.1 Å². The second kappa shape index (κ2) is 22.6. The van der Waals surface area contributed by atoms with Crippen LogP contribution in [0.2, 0.25) is 0 Å². The van der Waals surface area contributed by atoms with Crippen LogP contribution in [-0.2, 0) is 22.4 Å². The molecule has 1 saturated carbocycles. The van der Waals surface area contributed by atoms with Crippen molar-refractivity contribution in [3.63, 3.8) is 0 Å². The monoisotopic (exact) mass is 490 g/mol. The summed E-state index contributed by atoms with van der Waals surface area (Å²) in [4.78, 5) is 0. The Hall–Kier alpha value is 1.45. The van der Waals surface area contributed by atoms with Gasteiger partial charge in [0.2, 0.25) is 0 Å². The van der Waals surface area contributed by atoms with Crippen LogP contribution < -0.4 is 60.2 Å². The molecule has 0 aromatic rings. The standard InChI is InChI=1S/C6H14N2.C3H10N2.Au.3ClH/c7-5-3-1-2-4-6(5)8;4-2-1-3-5;;;;/h5-6H,1-4,7-8H2;1-5H2;;3*1H/q;;+3;;;/p-3/t5-,6+;;;;;. The Labute approximate surface area is 139 Å². The van der Waals surface area contributed by atoms with E-state index < -0.39 is 0 Å². The van der Waals surface area contributed by atoms with Crippen LogP contribution in [0.15, 0.2) is 0 Å². The van der Waals surface area contributed by atoms with Crippen LogP contribution in [0.25, 0.3) is 0 Å². The minimum Gasteiger partial charge on any atom is -1.00 e. The first-order valence-corrected chi connectivity index (χ1v) is 5.13. The fourth-order valence-corrected chi connectivity index (χ4v) is 1.31. The minimum absolute atomic E-state index is 0. The Morgan fingerprint density at radius 2 is 1.06 bits per heavy atom. The largest absolute Gasteiger partial charge is 3.00 e. The molecule has 2 atom stereocenters. The Balaban J connectivity index is -0.0000000489. The van der Waals surface area contributed by atoms with E-state index in [1.54, 1.807) is 0 Å². The molecule has 0 spiro atoms. The molecule has 17 heavy (non-hydrogen) atoms. The molecule has 1 aliphatic carbocycles. The van der Waals surface area contributed by atoms with Crippen LogP contribution in [0, 0.1) is 0 Å². The molecule has 4 nitrogen and oxygen atoms in total. The zero-order chi connectivity index (χ0) is 10.1. The molecule has 0 aliphatic heterocycles. The average Bonchev–Trinajstić information content (AvgIpc) is 2.13. The number of hydrogen-bond donors (Lipinski definition) is 4. The summed E-state index contributed by atoms with van der Waals surface area (Å²) in [6.07, 6.45) is 5.74. The van der Waals surface area contributed by atoms with Crippen LogP contribution in [0.4, 0.5) is 0 Å². The maximum absolute atomic E-state index is 5.65. The van der Waals surface area contributed by atoms with Gasteiger partial charge in [-0.25, -0.2) is 0 Å². The van der Waals surface area contributed by atoms with Gasteiger partial charge in [0.1, 0.15) is 0 Å². The van der Waals surface area contributed by atoms with E-state index in [0.717, 1.165) is 32.4 Å². The number of hydrogen-bond acceptors (Lipinski definition) is 4. The molecule has 1 aliphatic rings. The fourth-order valence-electron chi connectivity index (χ4n) is 1.31. The first-order chi connectivity index (χ1) is 6.22. The van der Waals surface area contributed by atoms with E-state index in [-0.39, 0.29) is 71.7 Å². The number of rotatable bonds is 2. The molecule has 0 unspecified atom stereocenters. The third-order valence-corrected chi connectivity index (χ3v) is 2.28. The Morgan fingerprint density at radius 3 is 1.18 bits per heavy atom. The summed E-state index contributed by atoms with van der Waals surface area (Å²) in [5.41, 5.74) is 21.4. The molecule has 0 amide bonds. The van der Waals surface area contributed by atoms with E-state index in [0.29, 0.717) is 0 Å². The topological polar surface area (TPSA) is 104 Å². The molecule has 0 radical (unpaired) electrons. The predicted octanol–water partition coefficient (Wildman–Crippen LogP) is -9.48. The van der Waals surface area contributed by atoms with Crippen molar-refractivity contribution in [1.82, 2.24) is 0 Å². The van der Waals surface area contributed by atoms with E-state index in [4.69, 9.17) is 22.9 Å². The molecule has 0 aromatic carbocycles. The van der Waals surface area contributed by atoms with Gasteiger partial charge in [-0.1, -0.05) is 12.8 Å². The van der Waals surface area contributed by atoms with Gasteiger partial charge in [-0.3, -0.25) is 0 Å². The Bertz CT molecular complexity index is 112. The van der Waals surface area contributed by atoms with Gasteiger partial charge in [0.05, 0.1) is 0 Å². The quantitative estimate of drug-likeness (QED) is 0.288. The van der Waals surface area contributed by atoms with Gasteiger partial charge in [-0.05, 0) is 32.4 Å². The summed E-state index contributed by atoms with van der Waals surface area (Å²) in [5.74, 6) is 0. The summed E-state index contributed by atoms with van der Waals surface area (Å²) in [5, 5.41) is 0. The van der Waals surface area contributed by atoms with Gasteiger partial charge in [0, 0.05) is 12.1 Å². The molecule has 0 saturated heterocycles. The van der Waals surface area contributed by atoms with Crippen molar-refractivity contribution < 1.29 is 59.6 Å². The molecule has 0 heterocycles. The molecule has 112 valence electrons. The maximum Gasteiger partial charge on any atom is 3.00 e. The average molecular weight is 492 g/mol. The van der Waals surface area contributed by atoms with Crippen LogP contribution in [0.1, 0.15) is 32.1 Å². The van der Waals surface area contributed by atoms with Crippen LogP contribution in [-0.4, -0.2) is 25.2 Å². The van der Waals surface area contributed by atoms with Crippen molar-refractivity contribution in [3.05, 3.63) is 0 Å². The summed E-state index contributed by atoms with van der Waals surface area (Å²) in [6.45, 7) is 1.44. The van der Waals surface area contributed by atoms with Gasteiger partial charge in [0.25, 0.3) is 0 Å². The molecule has 1 rings (SSSR count). The van der Waals surface area contributed by atoms with Gasteiger partial charge < -0.3 is 60.2 Å². The van der Waals surface area contributed by atoms with Gasteiger partial charge >= 0.3 is 22.4 Å². The zero-order valence-electron chi connectivity index (χ0n) is 9.85. The molecular weight excluding hydrogens is 467 g/mol. The molecule has 0 bridgehead atoms. The summed E-state index contributed by atoms with van der Waals surface area (Å²) in [7, 11) is 0. The van der Waals surface area contributed by atoms with E-state index in [1.165, 1.54) is 12.8 Å². The number of nitrogens with two attached hydrogens (primary N) is 4. The van der Waals surface area contributed by atoms with Crippen molar-refractivity contribution >= 4 is 0 Å². The zero-order valence-corrected chi connectivity index (χ0v) is 14.3. The minimum atomic E-state index is 0. The van der Waals surface area contributed by atoms with Crippen molar-refractivity contribution in [1.29, 1.82) is 0 Å². The first-order valence-electron chi connectivity index (χ1n) is 5.13. The van der Waals surface area contributed by atoms with E-state index in [9.17, 15) is 0 Å². The second-order valence-corrected chi connectivity index (χ2v) is 3.54. The van der Waals surface area contributed by atoms with Crippen molar-refractivity contribution in [3.8, 4) is 0 Å². The summed E-state index contributed by atoms with van der Waals surface area (Å²) < 4.78 is 0. The maximum atomic E-state index is 5.65. The number of halogens is 3. The van der Waals surface area contributed by atoms with E-state index in [1.807, 2.05) is 0 Å². The molecule has 8 N–H and O–H groups in total. The second-order valence-electron chi connectivity index (χ2n) is 3.54. The van der Waals surface area contributed by atoms with Crippen molar-refractivity contribution in [2.45, 2.75) is 44.2 Å². The predicted molar refractivity (Wildman–Crippen MR) is 57.1 cm³/mol. The summed E-state index contributed by atoms with van der Waals surface area (Å²) >= 11 is 0.